The summed E-state index contributed by atoms with van der Waals surface area (Å²) >= 11 is 0. The molecule has 0 aliphatic carbocycles. The molecule has 1 amide bonds. The topological polar surface area (TPSA) is 54.5 Å². The molecule has 3 rings (SSSR count). The standard InChI is InChI=1S/C21H27N3O2/c1-3-18-6-4-5-13-24(18)20-12-9-17(15-22-20)21(25)23-14-16-7-10-19(26-2)11-8-16/h7-12,15,18H,3-6,13-14H2,1-2H3,(H,23,25). The lowest BCUT2D eigenvalue weighted by atomic mass is 10.00. The van der Waals surface area contributed by atoms with Crippen LogP contribution in [0.25, 0.3) is 0 Å². The van der Waals surface area contributed by atoms with Crippen molar-refractivity contribution in [1.82, 2.24) is 10.3 Å². The Labute approximate surface area is 155 Å². The fourth-order valence-corrected chi connectivity index (χ4v) is 3.44. The third kappa shape index (κ3) is 4.34. The van der Waals surface area contributed by atoms with Crippen LogP contribution in [0.15, 0.2) is 42.6 Å². The van der Waals surface area contributed by atoms with E-state index in [2.05, 4.69) is 22.1 Å². The maximum Gasteiger partial charge on any atom is 0.253 e. The maximum absolute atomic E-state index is 12.4. The molecule has 2 aromatic rings. The second-order valence-electron chi connectivity index (χ2n) is 6.69. The molecule has 5 nitrogen and oxygen atoms in total. The summed E-state index contributed by atoms with van der Waals surface area (Å²) in [5.74, 6) is 1.68. The van der Waals surface area contributed by atoms with Crippen molar-refractivity contribution < 1.29 is 9.53 Å². The van der Waals surface area contributed by atoms with Gasteiger partial charge in [0.15, 0.2) is 0 Å². The molecule has 1 unspecified atom stereocenters. The number of nitrogens with one attached hydrogen (secondary N) is 1. The lowest BCUT2D eigenvalue weighted by molar-refractivity contribution is 0.0950. The molecule has 0 saturated carbocycles. The van der Waals surface area contributed by atoms with Gasteiger partial charge in [-0.15, -0.1) is 0 Å². The molecule has 0 spiro atoms. The minimum atomic E-state index is -0.106. The normalized spacial score (nSPS) is 17.0. The Morgan fingerprint density at radius 2 is 2.04 bits per heavy atom. The number of pyridine rings is 1. The van der Waals surface area contributed by atoms with Gasteiger partial charge in [-0.2, -0.15) is 0 Å². The third-order valence-electron chi connectivity index (χ3n) is 5.01. The van der Waals surface area contributed by atoms with Crippen molar-refractivity contribution in [2.45, 2.75) is 45.2 Å². The quantitative estimate of drug-likeness (QED) is 0.858. The molecule has 0 bridgehead atoms. The second kappa shape index (κ2) is 8.70. The summed E-state index contributed by atoms with van der Waals surface area (Å²) < 4.78 is 5.14. The molecule has 1 aliphatic rings. The van der Waals surface area contributed by atoms with Crippen LogP contribution in [0.5, 0.6) is 5.75 Å². The maximum atomic E-state index is 12.4. The molecule has 1 aromatic heterocycles. The van der Waals surface area contributed by atoms with E-state index in [1.807, 2.05) is 36.4 Å². The summed E-state index contributed by atoms with van der Waals surface area (Å²) in [6, 6.07) is 12.1. The van der Waals surface area contributed by atoms with E-state index in [9.17, 15) is 4.79 Å². The smallest absolute Gasteiger partial charge is 0.253 e. The predicted molar refractivity (Wildman–Crippen MR) is 104 cm³/mol. The number of carbonyl (C=O) groups is 1. The summed E-state index contributed by atoms with van der Waals surface area (Å²) in [5, 5.41) is 2.94. The van der Waals surface area contributed by atoms with Crippen molar-refractivity contribution in [3.05, 3.63) is 53.7 Å². The van der Waals surface area contributed by atoms with Crippen molar-refractivity contribution in [1.29, 1.82) is 0 Å². The first-order valence-corrected chi connectivity index (χ1v) is 9.35. The number of piperidine rings is 1. The van der Waals surface area contributed by atoms with Gasteiger partial charge in [0, 0.05) is 25.3 Å². The molecule has 1 aliphatic heterocycles. The zero-order valence-electron chi connectivity index (χ0n) is 15.6. The Balaban J connectivity index is 1.59. The minimum Gasteiger partial charge on any atom is -0.497 e. The van der Waals surface area contributed by atoms with Crippen molar-refractivity contribution in [3.63, 3.8) is 0 Å². The van der Waals surface area contributed by atoms with Crippen molar-refractivity contribution in [3.8, 4) is 5.75 Å². The van der Waals surface area contributed by atoms with Crippen molar-refractivity contribution >= 4 is 11.7 Å². The van der Waals surface area contributed by atoms with Gasteiger partial charge in [0.1, 0.15) is 11.6 Å². The van der Waals surface area contributed by atoms with Gasteiger partial charge >= 0.3 is 0 Å². The Morgan fingerprint density at radius 1 is 1.23 bits per heavy atom. The van der Waals surface area contributed by atoms with Gasteiger partial charge in [0.2, 0.25) is 0 Å². The molecule has 5 heteroatoms. The van der Waals surface area contributed by atoms with Gasteiger partial charge in [0.25, 0.3) is 5.91 Å². The summed E-state index contributed by atoms with van der Waals surface area (Å²) in [6.07, 6.45) is 6.54. The van der Waals surface area contributed by atoms with Gasteiger partial charge in [-0.1, -0.05) is 19.1 Å². The number of hydrogen-bond acceptors (Lipinski definition) is 4. The Hall–Kier alpha value is -2.56. The average Bonchev–Trinajstić information content (AvgIpc) is 2.72. The number of hydrogen-bond donors (Lipinski definition) is 1. The zero-order valence-corrected chi connectivity index (χ0v) is 15.6. The minimum absolute atomic E-state index is 0.106. The SMILES string of the molecule is CCC1CCCCN1c1ccc(C(=O)NCc2ccc(OC)cc2)cn1. The summed E-state index contributed by atoms with van der Waals surface area (Å²) in [4.78, 5) is 19.3. The number of benzene rings is 1. The van der Waals surface area contributed by atoms with Gasteiger partial charge < -0.3 is 15.0 Å². The monoisotopic (exact) mass is 353 g/mol. The highest BCUT2D eigenvalue weighted by Gasteiger charge is 2.22. The average molecular weight is 353 g/mol. The van der Waals surface area contributed by atoms with Crippen molar-refractivity contribution in [2.24, 2.45) is 0 Å². The van der Waals surface area contributed by atoms with Crippen molar-refractivity contribution in [2.75, 3.05) is 18.6 Å². The number of carbonyl (C=O) groups excluding carboxylic acids is 1. The Kier molecular flexibility index (Phi) is 6.10. The predicted octanol–water partition coefficient (Wildman–Crippen LogP) is 3.79. The van der Waals surface area contributed by atoms with Crippen LogP contribution in [-0.2, 0) is 6.54 Å². The summed E-state index contributed by atoms with van der Waals surface area (Å²) in [6.45, 7) is 3.76. The molecule has 138 valence electrons. The first-order valence-electron chi connectivity index (χ1n) is 9.35. The first-order chi connectivity index (χ1) is 12.7. The molecular formula is C21H27N3O2. The van der Waals surface area contributed by atoms with E-state index in [0.29, 0.717) is 18.2 Å². The van der Waals surface area contributed by atoms with E-state index in [1.54, 1.807) is 13.3 Å². The van der Waals surface area contributed by atoms with Crippen LogP contribution >= 0.6 is 0 Å². The first kappa shape index (κ1) is 18.2. The number of rotatable bonds is 6. The molecule has 26 heavy (non-hydrogen) atoms. The largest absolute Gasteiger partial charge is 0.497 e. The molecule has 0 radical (unpaired) electrons. The fourth-order valence-electron chi connectivity index (χ4n) is 3.44. The van der Waals surface area contributed by atoms with Crippen LogP contribution in [0.4, 0.5) is 5.82 Å². The number of methoxy groups -OCH3 is 1. The lowest BCUT2D eigenvalue weighted by Crippen LogP contribution is -2.39. The molecule has 1 fully saturated rings. The van der Waals surface area contributed by atoms with Crippen LogP contribution in [0.2, 0.25) is 0 Å². The number of amides is 1. The fraction of sp³-hybridized carbons (Fsp3) is 0.429. The van der Waals surface area contributed by atoms with E-state index < -0.39 is 0 Å². The highest BCUT2D eigenvalue weighted by Crippen LogP contribution is 2.24. The molecular weight excluding hydrogens is 326 g/mol. The van der Waals surface area contributed by atoms with Crippen LogP contribution in [0.1, 0.15) is 48.5 Å². The number of ether oxygens (including phenoxy) is 1. The Morgan fingerprint density at radius 3 is 2.69 bits per heavy atom. The highest BCUT2D eigenvalue weighted by molar-refractivity contribution is 5.94. The highest BCUT2D eigenvalue weighted by atomic mass is 16.5. The van der Waals surface area contributed by atoms with Gasteiger partial charge in [-0.25, -0.2) is 4.98 Å². The molecule has 1 aromatic carbocycles. The zero-order chi connectivity index (χ0) is 18.4. The summed E-state index contributed by atoms with van der Waals surface area (Å²) in [5.41, 5.74) is 1.62. The summed E-state index contributed by atoms with van der Waals surface area (Å²) in [7, 11) is 1.64. The molecule has 2 heterocycles. The van der Waals surface area contributed by atoms with Crippen LogP contribution in [0.3, 0.4) is 0 Å². The van der Waals surface area contributed by atoms with Gasteiger partial charge in [0.05, 0.1) is 12.7 Å². The van der Waals surface area contributed by atoms with Gasteiger partial charge in [-0.3, -0.25) is 4.79 Å². The van der Waals surface area contributed by atoms with E-state index in [0.717, 1.165) is 30.1 Å². The van der Waals surface area contributed by atoms with E-state index in [1.165, 1.54) is 19.3 Å². The molecule has 1 N–H and O–H groups in total. The molecule has 1 atom stereocenters. The Bertz CT molecular complexity index is 713. The number of anilines is 1. The number of nitrogens with zero attached hydrogens (tertiary/aromatic N) is 2. The van der Waals surface area contributed by atoms with E-state index in [-0.39, 0.29) is 5.91 Å². The van der Waals surface area contributed by atoms with E-state index >= 15 is 0 Å². The van der Waals surface area contributed by atoms with Crippen LogP contribution in [0, 0.1) is 0 Å². The molecule has 1 saturated heterocycles. The van der Waals surface area contributed by atoms with Crippen LogP contribution in [-0.4, -0.2) is 30.6 Å². The van der Waals surface area contributed by atoms with Crippen LogP contribution < -0.4 is 15.0 Å². The number of aromatic nitrogens is 1. The van der Waals surface area contributed by atoms with E-state index in [4.69, 9.17) is 4.74 Å². The third-order valence-corrected chi connectivity index (χ3v) is 5.01. The van der Waals surface area contributed by atoms with Gasteiger partial charge in [-0.05, 0) is 55.5 Å². The lowest BCUT2D eigenvalue weighted by Gasteiger charge is -2.36. The second-order valence-corrected chi connectivity index (χ2v) is 6.69.